The van der Waals surface area contributed by atoms with Gasteiger partial charge in [-0.2, -0.15) is 0 Å². The first-order chi connectivity index (χ1) is 8.58. The van der Waals surface area contributed by atoms with Crippen LogP contribution in [0, 0.1) is 19.3 Å². The van der Waals surface area contributed by atoms with Crippen LogP contribution in [-0.2, 0) is 4.74 Å². The SMILES string of the molecule is Cc1cc(C(=N)N)cc(C)c1OC1CCOCC1. The first kappa shape index (κ1) is 12.9. The van der Waals surface area contributed by atoms with E-state index in [9.17, 15) is 0 Å². The summed E-state index contributed by atoms with van der Waals surface area (Å²) in [6.07, 6.45) is 2.11. The molecule has 1 aliphatic heterocycles. The van der Waals surface area contributed by atoms with Crippen molar-refractivity contribution in [3.63, 3.8) is 0 Å². The number of nitrogens with one attached hydrogen (secondary N) is 1. The summed E-state index contributed by atoms with van der Waals surface area (Å²) in [5.74, 6) is 1.02. The topological polar surface area (TPSA) is 68.3 Å². The second-order valence-electron chi connectivity index (χ2n) is 4.78. The fraction of sp³-hybridized carbons (Fsp3) is 0.500. The van der Waals surface area contributed by atoms with Gasteiger partial charge in [-0.25, -0.2) is 0 Å². The number of amidine groups is 1. The summed E-state index contributed by atoms with van der Waals surface area (Å²) in [6, 6.07) is 3.81. The second kappa shape index (κ2) is 5.40. The van der Waals surface area contributed by atoms with E-state index in [1.165, 1.54) is 0 Å². The van der Waals surface area contributed by atoms with Crippen LogP contribution in [0.5, 0.6) is 5.75 Å². The van der Waals surface area contributed by atoms with Crippen molar-refractivity contribution in [2.75, 3.05) is 13.2 Å². The Bertz CT molecular complexity index is 428. The molecule has 0 spiro atoms. The fourth-order valence-electron chi connectivity index (χ4n) is 2.25. The van der Waals surface area contributed by atoms with Gasteiger partial charge >= 0.3 is 0 Å². The third kappa shape index (κ3) is 2.82. The van der Waals surface area contributed by atoms with Crippen molar-refractivity contribution in [1.29, 1.82) is 5.41 Å². The minimum atomic E-state index is 0.0961. The Hall–Kier alpha value is -1.55. The van der Waals surface area contributed by atoms with E-state index >= 15 is 0 Å². The third-order valence-electron chi connectivity index (χ3n) is 3.22. The van der Waals surface area contributed by atoms with Crippen LogP contribution in [0.25, 0.3) is 0 Å². The lowest BCUT2D eigenvalue weighted by Gasteiger charge is -2.25. The Balaban J connectivity index is 2.19. The van der Waals surface area contributed by atoms with Crippen LogP contribution < -0.4 is 10.5 Å². The smallest absolute Gasteiger partial charge is 0.125 e. The van der Waals surface area contributed by atoms with Gasteiger partial charge < -0.3 is 15.2 Å². The van der Waals surface area contributed by atoms with Crippen LogP contribution in [-0.4, -0.2) is 25.2 Å². The Kier molecular flexibility index (Phi) is 3.87. The van der Waals surface area contributed by atoms with Gasteiger partial charge in [0.25, 0.3) is 0 Å². The summed E-state index contributed by atoms with van der Waals surface area (Å²) in [5.41, 5.74) is 8.33. The van der Waals surface area contributed by atoms with E-state index in [1.807, 2.05) is 26.0 Å². The van der Waals surface area contributed by atoms with E-state index in [0.29, 0.717) is 0 Å². The molecule has 4 heteroatoms. The molecule has 0 amide bonds. The molecule has 18 heavy (non-hydrogen) atoms. The normalized spacial score (nSPS) is 16.6. The summed E-state index contributed by atoms with van der Waals surface area (Å²) < 4.78 is 11.4. The fourth-order valence-corrected chi connectivity index (χ4v) is 2.25. The van der Waals surface area contributed by atoms with E-state index in [1.54, 1.807) is 0 Å². The molecule has 0 aliphatic carbocycles. The Labute approximate surface area is 108 Å². The number of nitrogen functional groups attached to an aromatic ring is 1. The molecule has 1 aromatic rings. The molecule has 0 unspecified atom stereocenters. The predicted molar refractivity (Wildman–Crippen MR) is 71.4 cm³/mol. The maximum absolute atomic E-state index is 7.47. The van der Waals surface area contributed by atoms with E-state index in [-0.39, 0.29) is 11.9 Å². The molecule has 2 rings (SSSR count). The highest BCUT2D eigenvalue weighted by atomic mass is 16.5. The zero-order chi connectivity index (χ0) is 13.1. The van der Waals surface area contributed by atoms with Crippen molar-refractivity contribution in [1.82, 2.24) is 0 Å². The lowest BCUT2D eigenvalue weighted by Crippen LogP contribution is -2.26. The van der Waals surface area contributed by atoms with Crippen molar-refractivity contribution < 1.29 is 9.47 Å². The minimum Gasteiger partial charge on any atom is -0.490 e. The van der Waals surface area contributed by atoms with E-state index < -0.39 is 0 Å². The summed E-state index contributed by atoms with van der Waals surface area (Å²) in [5, 5.41) is 7.47. The van der Waals surface area contributed by atoms with Crippen LogP contribution in [0.1, 0.15) is 29.5 Å². The van der Waals surface area contributed by atoms with Crippen LogP contribution >= 0.6 is 0 Å². The number of rotatable bonds is 3. The number of nitrogens with two attached hydrogens (primary N) is 1. The van der Waals surface area contributed by atoms with Gasteiger partial charge in [0.15, 0.2) is 0 Å². The van der Waals surface area contributed by atoms with Gasteiger partial charge in [0.2, 0.25) is 0 Å². The van der Waals surface area contributed by atoms with Crippen molar-refractivity contribution in [2.24, 2.45) is 5.73 Å². The highest BCUT2D eigenvalue weighted by Gasteiger charge is 2.17. The van der Waals surface area contributed by atoms with Gasteiger partial charge in [0.05, 0.1) is 13.2 Å². The molecule has 1 fully saturated rings. The number of hydrogen-bond acceptors (Lipinski definition) is 3. The lowest BCUT2D eigenvalue weighted by molar-refractivity contribution is 0.0250. The number of hydrogen-bond donors (Lipinski definition) is 2. The van der Waals surface area contributed by atoms with Gasteiger partial charge in [-0.15, -0.1) is 0 Å². The molecule has 0 bridgehead atoms. The monoisotopic (exact) mass is 248 g/mol. The van der Waals surface area contributed by atoms with Gasteiger partial charge in [-0.1, -0.05) is 0 Å². The highest BCUT2D eigenvalue weighted by Crippen LogP contribution is 2.27. The van der Waals surface area contributed by atoms with E-state index in [2.05, 4.69) is 0 Å². The van der Waals surface area contributed by atoms with Crippen molar-refractivity contribution in [3.8, 4) is 5.75 Å². The van der Waals surface area contributed by atoms with E-state index in [0.717, 1.165) is 48.5 Å². The minimum absolute atomic E-state index is 0.0961. The molecule has 0 aromatic heterocycles. The second-order valence-corrected chi connectivity index (χ2v) is 4.78. The zero-order valence-electron chi connectivity index (χ0n) is 11.0. The Morgan fingerprint density at radius 3 is 2.33 bits per heavy atom. The molecule has 1 saturated heterocycles. The molecular formula is C14H20N2O2. The first-order valence-corrected chi connectivity index (χ1v) is 6.28. The highest BCUT2D eigenvalue weighted by molar-refractivity contribution is 5.95. The summed E-state index contributed by atoms with van der Waals surface area (Å²) in [4.78, 5) is 0. The molecular weight excluding hydrogens is 228 g/mol. The number of benzene rings is 1. The molecule has 98 valence electrons. The van der Waals surface area contributed by atoms with Gasteiger partial charge in [-0.05, 0) is 37.1 Å². The summed E-state index contributed by atoms with van der Waals surface area (Å²) >= 11 is 0. The molecule has 1 aliphatic rings. The van der Waals surface area contributed by atoms with E-state index in [4.69, 9.17) is 20.6 Å². The molecule has 0 radical (unpaired) electrons. The maximum atomic E-state index is 7.47. The molecule has 1 heterocycles. The van der Waals surface area contributed by atoms with Crippen LogP contribution in [0.3, 0.4) is 0 Å². The molecule has 1 aromatic carbocycles. The maximum Gasteiger partial charge on any atom is 0.125 e. The quantitative estimate of drug-likeness (QED) is 0.636. The largest absolute Gasteiger partial charge is 0.490 e. The van der Waals surface area contributed by atoms with Crippen molar-refractivity contribution in [3.05, 3.63) is 28.8 Å². The van der Waals surface area contributed by atoms with Gasteiger partial charge in [-0.3, -0.25) is 5.41 Å². The van der Waals surface area contributed by atoms with Crippen LogP contribution in [0.4, 0.5) is 0 Å². The Morgan fingerprint density at radius 2 is 1.83 bits per heavy atom. The van der Waals surface area contributed by atoms with Crippen LogP contribution in [0.15, 0.2) is 12.1 Å². The predicted octanol–water partition coefficient (Wildman–Crippen LogP) is 2.15. The average Bonchev–Trinajstić information content (AvgIpc) is 2.34. The summed E-state index contributed by atoms with van der Waals surface area (Å²) in [6.45, 7) is 5.53. The Morgan fingerprint density at radius 1 is 1.28 bits per heavy atom. The lowest BCUT2D eigenvalue weighted by atomic mass is 10.0. The van der Waals surface area contributed by atoms with Gasteiger partial charge in [0, 0.05) is 18.4 Å². The summed E-state index contributed by atoms with van der Waals surface area (Å²) in [7, 11) is 0. The molecule has 0 saturated carbocycles. The molecule has 0 atom stereocenters. The van der Waals surface area contributed by atoms with Crippen molar-refractivity contribution >= 4 is 5.84 Å². The molecule has 3 N–H and O–H groups in total. The number of aryl methyl sites for hydroxylation is 2. The van der Waals surface area contributed by atoms with Crippen LogP contribution in [0.2, 0.25) is 0 Å². The third-order valence-corrected chi connectivity index (χ3v) is 3.22. The first-order valence-electron chi connectivity index (χ1n) is 6.28. The molecule has 4 nitrogen and oxygen atoms in total. The standard InChI is InChI=1S/C14H20N2O2/c1-9-7-11(14(15)16)8-10(2)13(9)18-12-3-5-17-6-4-12/h7-8,12H,3-6H2,1-2H3,(H3,15,16). The zero-order valence-corrected chi connectivity index (χ0v) is 11.0. The van der Waals surface area contributed by atoms with Gasteiger partial charge in [0.1, 0.15) is 17.7 Å². The van der Waals surface area contributed by atoms with Crippen molar-refractivity contribution in [2.45, 2.75) is 32.8 Å². The average molecular weight is 248 g/mol. The number of ether oxygens (including phenoxy) is 2.